The summed E-state index contributed by atoms with van der Waals surface area (Å²) in [5.41, 5.74) is 0.997. The van der Waals surface area contributed by atoms with Gasteiger partial charge in [-0.1, -0.05) is 0 Å². The minimum Gasteiger partial charge on any atom is -0.383 e. The van der Waals surface area contributed by atoms with Gasteiger partial charge in [0, 0.05) is 32.3 Å². The van der Waals surface area contributed by atoms with Crippen LogP contribution in [0.4, 0.5) is 0 Å². The molecule has 0 N–H and O–H groups in total. The van der Waals surface area contributed by atoms with Crippen molar-refractivity contribution in [3.63, 3.8) is 0 Å². The lowest BCUT2D eigenvalue weighted by Gasteiger charge is -2.55. The summed E-state index contributed by atoms with van der Waals surface area (Å²) in [6.45, 7) is 14.1. The van der Waals surface area contributed by atoms with Crippen LogP contribution in [0.25, 0.3) is 0 Å². The highest BCUT2D eigenvalue weighted by Gasteiger charge is 2.45. The monoisotopic (exact) mass is 240 g/mol. The molecule has 0 amide bonds. The molecule has 17 heavy (non-hydrogen) atoms. The largest absolute Gasteiger partial charge is 0.383 e. The molecule has 0 atom stereocenters. The Morgan fingerprint density at radius 3 is 2.18 bits per heavy atom. The third-order valence-corrected chi connectivity index (χ3v) is 4.50. The molecule has 3 nitrogen and oxygen atoms in total. The summed E-state index contributed by atoms with van der Waals surface area (Å²) in [6.07, 6.45) is 2.77. The quantitative estimate of drug-likeness (QED) is 0.748. The van der Waals surface area contributed by atoms with E-state index in [-0.39, 0.29) is 0 Å². The van der Waals surface area contributed by atoms with E-state index in [0.717, 1.165) is 13.2 Å². The summed E-state index contributed by atoms with van der Waals surface area (Å²) < 4.78 is 5.14. The first kappa shape index (κ1) is 13.3. The SMILES string of the molecule is COCCN1CC2(CCN(C(C)(C)C)CC2)C1. The average Bonchev–Trinajstić information content (AvgIpc) is 2.22. The third kappa shape index (κ3) is 3.01. The van der Waals surface area contributed by atoms with Crippen LogP contribution in [-0.4, -0.2) is 61.8 Å². The Labute approximate surface area is 106 Å². The van der Waals surface area contributed by atoms with Crippen LogP contribution >= 0.6 is 0 Å². The number of hydrogen-bond acceptors (Lipinski definition) is 3. The molecule has 0 aliphatic carbocycles. The highest BCUT2D eigenvalue weighted by Crippen LogP contribution is 2.41. The summed E-state index contributed by atoms with van der Waals surface area (Å²) in [7, 11) is 1.79. The first-order valence-electron chi connectivity index (χ1n) is 6.92. The van der Waals surface area contributed by atoms with Gasteiger partial charge in [0.15, 0.2) is 0 Å². The molecule has 0 radical (unpaired) electrons. The number of hydrogen-bond donors (Lipinski definition) is 0. The molecule has 100 valence electrons. The minimum absolute atomic E-state index is 0.348. The van der Waals surface area contributed by atoms with Gasteiger partial charge in [-0.15, -0.1) is 0 Å². The Morgan fingerprint density at radius 2 is 1.71 bits per heavy atom. The van der Waals surface area contributed by atoms with Crippen LogP contribution in [0.3, 0.4) is 0 Å². The molecule has 2 fully saturated rings. The first-order chi connectivity index (χ1) is 7.95. The number of methoxy groups -OCH3 is 1. The van der Waals surface area contributed by atoms with E-state index in [1.54, 1.807) is 7.11 Å². The van der Waals surface area contributed by atoms with Gasteiger partial charge in [-0.2, -0.15) is 0 Å². The van der Waals surface area contributed by atoms with E-state index in [1.165, 1.54) is 39.0 Å². The second kappa shape index (κ2) is 4.87. The molecule has 0 aromatic rings. The number of piperidine rings is 1. The van der Waals surface area contributed by atoms with Crippen LogP contribution in [0.2, 0.25) is 0 Å². The Morgan fingerprint density at radius 1 is 1.12 bits per heavy atom. The van der Waals surface area contributed by atoms with Crippen molar-refractivity contribution in [1.82, 2.24) is 9.80 Å². The van der Waals surface area contributed by atoms with Crippen molar-refractivity contribution >= 4 is 0 Å². The summed E-state index contributed by atoms with van der Waals surface area (Å²) in [5.74, 6) is 0. The molecule has 0 bridgehead atoms. The zero-order valence-corrected chi connectivity index (χ0v) is 12.0. The van der Waals surface area contributed by atoms with Gasteiger partial charge in [-0.25, -0.2) is 0 Å². The van der Waals surface area contributed by atoms with Crippen LogP contribution < -0.4 is 0 Å². The molecule has 3 heteroatoms. The van der Waals surface area contributed by atoms with Crippen LogP contribution in [0, 0.1) is 5.41 Å². The number of ether oxygens (including phenoxy) is 1. The van der Waals surface area contributed by atoms with Gasteiger partial charge < -0.3 is 4.74 Å². The third-order valence-electron chi connectivity index (χ3n) is 4.50. The van der Waals surface area contributed by atoms with Crippen molar-refractivity contribution in [2.24, 2.45) is 5.41 Å². The average molecular weight is 240 g/mol. The molecule has 0 saturated carbocycles. The maximum Gasteiger partial charge on any atom is 0.0589 e. The topological polar surface area (TPSA) is 15.7 Å². The van der Waals surface area contributed by atoms with Crippen LogP contribution in [0.15, 0.2) is 0 Å². The van der Waals surface area contributed by atoms with Crippen molar-refractivity contribution in [2.75, 3.05) is 46.4 Å². The highest BCUT2D eigenvalue weighted by atomic mass is 16.5. The molecule has 0 unspecified atom stereocenters. The maximum atomic E-state index is 5.14. The second-order valence-electron chi connectivity index (χ2n) is 6.86. The van der Waals surface area contributed by atoms with E-state index in [2.05, 4.69) is 30.6 Å². The summed E-state index contributed by atoms with van der Waals surface area (Å²) in [6, 6.07) is 0. The normalized spacial score (nSPS) is 26.1. The van der Waals surface area contributed by atoms with Crippen molar-refractivity contribution in [3.8, 4) is 0 Å². The summed E-state index contributed by atoms with van der Waals surface area (Å²) in [4.78, 5) is 5.17. The van der Waals surface area contributed by atoms with Crippen LogP contribution in [-0.2, 0) is 4.74 Å². The number of nitrogens with zero attached hydrogens (tertiary/aromatic N) is 2. The lowest BCUT2D eigenvalue weighted by Crippen LogP contribution is -2.62. The van der Waals surface area contributed by atoms with Crippen molar-refractivity contribution in [3.05, 3.63) is 0 Å². The van der Waals surface area contributed by atoms with Gasteiger partial charge in [0.2, 0.25) is 0 Å². The van der Waals surface area contributed by atoms with Crippen molar-refractivity contribution < 1.29 is 4.74 Å². The number of rotatable bonds is 3. The molecular formula is C14H28N2O. The lowest BCUT2D eigenvalue weighted by molar-refractivity contribution is -0.0677. The van der Waals surface area contributed by atoms with Gasteiger partial charge in [0.05, 0.1) is 6.61 Å². The Balaban J connectivity index is 1.74. The molecule has 2 saturated heterocycles. The van der Waals surface area contributed by atoms with Crippen LogP contribution in [0.1, 0.15) is 33.6 Å². The van der Waals surface area contributed by atoms with E-state index in [1.807, 2.05) is 0 Å². The van der Waals surface area contributed by atoms with Crippen molar-refractivity contribution in [2.45, 2.75) is 39.2 Å². The first-order valence-corrected chi connectivity index (χ1v) is 6.92. The van der Waals surface area contributed by atoms with Gasteiger partial charge in [0.1, 0.15) is 0 Å². The Bertz CT molecular complexity index is 243. The van der Waals surface area contributed by atoms with Gasteiger partial charge in [-0.3, -0.25) is 9.80 Å². The van der Waals surface area contributed by atoms with E-state index in [9.17, 15) is 0 Å². The fourth-order valence-electron chi connectivity index (χ4n) is 3.25. The van der Waals surface area contributed by atoms with E-state index in [0.29, 0.717) is 11.0 Å². The summed E-state index contributed by atoms with van der Waals surface area (Å²) >= 11 is 0. The molecular weight excluding hydrogens is 212 g/mol. The standard InChI is InChI=1S/C14H28N2O/c1-13(2,3)16-7-5-14(6-8-16)11-15(12-14)9-10-17-4/h5-12H2,1-4H3. The van der Waals surface area contributed by atoms with Gasteiger partial charge in [-0.05, 0) is 52.1 Å². The zero-order valence-electron chi connectivity index (χ0n) is 12.0. The summed E-state index contributed by atoms with van der Waals surface area (Å²) in [5, 5.41) is 0. The smallest absolute Gasteiger partial charge is 0.0589 e. The number of likely N-dealkylation sites (tertiary alicyclic amines) is 2. The van der Waals surface area contributed by atoms with E-state index in [4.69, 9.17) is 4.74 Å². The lowest BCUT2D eigenvalue weighted by atomic mass is 9.71. The van der Waals surface area contributed by atoms with E-state index >= 15 is 0 Å². The molecule has 0 aromatic carbocycles. The Hall–Kier alpha value is -0.120. The zero-order chi connectivity index (χ0) is 12.5. The van der Waals surface area contributed by atoms with Gasteiger partial charge in [0.25, 0.3) is 0 Å². The van der Waals surface area contributed by atoms with Crippen molar-refractivity contribution in [1.29, 1.82) is 0 Å². The maximum absolute atomic E-state index is 5.14. The highest BCUT2D eigenvalue weighted by molar-refractivity contribution is 4.99. The molecule has 0 aromatic heterocycles. The molecule has 2 aliphatic heterocycles. The molecule has 1 spiro atoms. The fourth-order valence-corrected chi connectivity index (χ4v) is 3.25. The van der Waals surface area contributed by atoms with Crippen LogP contribution in [0.5, 0.6) is 0 Å². The predicted molar refractivity (Wildman–Crippen MR) is 71.3 cm³/mol. The minimum atomic E-state index is 0.348. The van der Waals surface area contributed by atoms with E-state index < -0.39 is 0 Å². The predicted octanol–water partition coefficient (Wildman–Crippen LogP) is 1.83. The van der Waals surface area contributed by atoms with Gasteiger partial charge >= 0.3 is 0 Å². The fraction of sp³-hybridized carbons (Fsp3) is 1.00. The second-order valence-corrected chi connectivity index (χ2v) is 6.86. The Kier molecular flexibility index (Phi) is 3.81. The molecule has 2 heterocycles. The molecule has 2 rings (SSSR count). The molecule has 2 aliphatic rings.